The van der Waals surface area contributed by atoms with Crippen molar-refractivity contribution < 1.29 is 33.8 Å². The molecule has 0 bridgehead atoms. The van der Waals surface area contributed by atoms with Crippen LogP contribution in [0, 0.1) is 0 Å². The molecule has 0 aliphatic heterocycles. The Morgan fingerprint density at radius 3 is 2.09 bits per heavy atom. The van der Waals surface area contributed by atoms with Crippen molar-refractivity contribution in [3.05, 3.63) is 83.7 Å². The van der Waals surface area contributed by atoms with Gasteiger partial charge >= 0.3 is 5.97 Å². The van der Waals surface area contributed by atoms with Gasteiger partial charge in [-0.2, -0.15) is 0 Å². The standard InChI is InChI=1S/C24H22N2O7/c27-21-13-20(22(28)12-19(21)25-11-10-24(30)31)26-23(29)15-33-18-8-6-17(7-9-18)32-14-16-4-2-1-3-5-16/h1-9,12-13,25H,10-11,14-15H2,(H,26,29)(H,30,31). The number of ether oxygens (including phenoxy) is 2. The summed E-state index contributed by atoms with van der Waals surface area (Å²) in [4.78, 5) is 46.9. The van der Waals surface area contributed by atoms with E-state index < -0.39 is 23.4 Å². The van der Waals surface area contributed by atoms with Crippen molar-refractivity contribution in [3.8, 4) is 11.5 Å². The van der Waals surface area contributed by atoms with E-state index >= 15 is 0 Å². The first kappa shape index (κ1) is 23.3. The first-order chi connectivity index (χ1) is 15.9. The lowest BCUT2D eigenvalue weighted by atomic mass is 10.1. The fraction of sp³-hybridized carbons (Fsp3) is 0.167. The number of benzene rings is 2. The molecule has 2 aromatic rings. The smallest absolute Gasteiger partial charge is 0.305 e. The number of rotatable bonds is 11. The largest absolute Gasteiger partial charge is 0.489 e. The van der Waals surface area contributed by atoms with Crippen LogP contribution in [0.3, 0.4) is 0 Å². The molecule has 0 aromatic heterocycles. The number of amides is 1. The molecule has 1 aliphatic rings. The molecule has 33 heavy (non-hydrogen) atoms. The Morgan fingerprint density at radius 2 is 1.42 bits per heavy atom. The van der Waals surface area contributed by atoms with Crippen LogP contribution in [-0.4, -0.2) is 41.7 Å². The highest BCUT2D eigenvalue weighted by molar-refractivity contribution is 6.20. The summed E-state index contributed by atoms with van der Waals surface area (Å²) >= 11 is 0. The molecule has 9 heteroatoms. The SMILES string of the molecule is O=C(O)CCNC1=CC(=O)C(NC(=O)COc2ccc(OCc3ccccc3)cc2)=CC1=O. The fourth-order valence-electron chi connectivity index (χ4n) is 2.81. The summed E-state index contributed by atoms with van der Waals surface area (Å²) in [7, 11) is 0. The Kier molecular flexibility index (Phi) is 7.96. The van der Waals surface area contributed by atoms with Crippen molar-refractivity contribution >= 4 is 23.4 Å². The van der Waals surface area contributed by atoms with Gasteiger partial charge in [-0.1, -0.05) is 30.3 Å². The molecule has 0 saturated carbocycles. The topological polar surface area (TPSA) is 131 Å². The molecule has 0 unspecified atom stereocenters. The second-order valence-electron chi connectivity index (χ2n) is 7.00. The normalized spacial score (nSPS) is 13.0. The summed E-state index contributed by atoms with van der Waals surface area (Å²) in [6.07, 6.45) is 1.81. The van der Waals surface area contributed by atoms with Crippen LogP contribution >= 0.6 is 0 Å². The lowest BCUT2D eigenvalue weighted by molar-refractivity contribution is -0.137. The highest BCUT2D eigenvalue weighted by atomic mass is 16.5. The van der Waals surface area contributed by atoms with E-state index in [1.807, 2.05) is 30.3 Å². The number of carbonyl (C=O) groups excluding carboxylic acids is 3. The maximum absolute atomic E-state index is 12.1. The molecular formula is C24H22N2O7. The van der Waals surface area contributed by atoms with Gasteiger partial charge in [0.15, 0.2) is 6.61 Å². The summed E-state index contributed by atoms with van der Waals surface area (Å²) < 4.78 is 11.1. The molecule has 0 atom stereocenters. The Hall–Kier alpha value is -4.40. The van der Waals surface area contributed by atoms with E-state index in [0.29, 0.717) is 18.1 Å². The average molecular weight is 450 g/mol. The third kappa shape index (κ3) is 7.35. The average Bonchev–Trinajstić information content (AvgIpc) is 2.80. The number of ketones is 2. The summed E-state index contributed by atoms with van der Waals surface area (Å²) in [5.41, 5.74) is 0.838. The van der Waals surface area contributed by atoms with Crippen molar-refractivity contribution in [1.82, 2.24) is 10.6 Å². The van der Waals surface area contributed by atoms with Crippen LogP contribution in [0.15, 0.2) is 78.1 Å². The monoisotopic (exact) mass is 450 g/mol. The zero-order valence-electron chi connectivity index (χ0n) is 17.6. The highest BCUT2D eigenvalue weighted by Crippen LogP contribution is 2.18. The van der Waals surface area contributed by atoms with E-state index in [1.165, 1.54) is 0 Å². The van der Waals surface area contributed by atoms with Crippen LogP contribution in [0.2, 0.25) is 0 Å². The summed E-state index contributed by atoms with van der Waals surface area (Å²) in [6, 6.07) is 16.5. The van der Waals surface area contributed by atoms with Crippen LogP contribution < -0.4 is 20.1 Å². The second-order valence-corrected chi connectivity index (χ2v) is 7.00. The number of allylic oxidation sites excluding steroid dienone is 2. The maximum Gasteiger partial charge on any atom is 0.305 e. The van der Waals surface area contributed by atoms with Crippen molar-refractivity contribution in [1.29, 1.82) is 0 Å². The van der Waals surface area contributed by atoms with Gasteiger partial charge in [0.25, 0.3) is 5.91 Å². The fourth-order valence-corrected chi connectivity index (χ4v) is 2.81. The minimum Gasteiger partial charge on any atom is -0.489 e. The van der Waals surface area contributed by atoms with Gasteiger partial charge in [-0.3, -0.25) is 19.2 Å². The molecule has 0 fully saturated rings. The number of carboxylic acids is 1. The molecule has 0 heterocycles. The van der Waals surface area contributed by atoms with E-state index in [4.69, 9.17) is 14.6 Å². The molecule has 3 rings (SSSR count). The van der Waals surface area contributed by atoms with Crippen LogP contribution in [0.4, 0.5) is 0 Å². The van der Waals surface area contributed by atoms with Gasteiger partial charge in [0.05, 0.1) is 17.8 Å². The summed E-state index contributed by atoms with van der Waals surface area (Å²) in [5, 5.41) is 13.6. The van der Waals surface area contributed by atoms with Crippen molar-refractivity contribution in [2.75, 3.05) is 13.2 Å². The maximum atomic E-state index is 12.1. The molecule has 2 aromatic carbocycles. The van der Waals surface area contributed by atoms with Crippen LogP contribution in [0.1, 0.15) is 12.0 Å². The quantitative estimate of drug-likeness (QED) is 0.441. The van der Waals surface area contributed by atoms with E-state index in [0.717, 1.165) is 17.7 Å². The number of carboxylic acid groups (broad SMARTS) is 1. The minimum atomic E-state index is -1.03. The molecule has 0 radical (unpaired) electrons. The Balaban J connectivity index is 1.44. The van der Waals surface area contributed by atoms with E-state index in [9.17, 15) is 19.2 Å². The predicted molar refractivity (Wildman–Crippen MR) is 117 cm³/mol. The summed E-state index contributed by atoms with van der Waals surface area (Å²) in [5.74, 6) is -1.69. The first-order valence-corrected chi connectivity index (χ1v) is 10.1. The van der Waals surface area contributed by atoms with E-state index in [2.05, 4.69) is 10.6 Å². The lowest BCUT2D eigenvalue weighted by Crippen LogP contribution is -2.35. The molecular weight excluding hydrogens is 428 g/mol. The molecule has 1 aliphatic carbocycles. The van der Waals surface area contributed by atoms with E-state index in [-0.39, 0.29) is 31.0 Å². The minimum absolute atomic E-state index is 0.000353. The Labute approximate surface area is 189 Å². The molecule has 0 spiro atoms. The molecule has 0 saturated heterocycles. The third-order valence-electron chi connectivity index (χ3n) is 4.45. The molecule has 1 amide bonds. The zero-order chi connectivity index (χ0) is 23.6. The van der Waals surface area contributed by atoms with Gasteiger partial charge in [-0.15, -0.1) is 0 Å². The number of aliphatic carboxylic acids is 1. The second kappa shape index (κ2) is 11.3. The lowest BCUT2D eigenvalue weighted by Gasteiger charge is -2.14. The van der Waals surface area contributed by atoms with Gasteiger partial charge in [0, 0.05) is 18.7 Å². The zero-order valence-corrected chi connectivity index (χ0v) is 17.6. The first-order valence-electron chi connectivity index (χ1n) is 10.1. The van der Waals surface area contributed by atoms with Crippen molar-refractivity contribution in [2.45, 2.75) is 13.0 Å². The Morgan fingerprint density at radius 1 is 0.818 bits per heavy atom. The van der Waals surface area contributed by atoms with Crippen molar-refractivity contribution in [2.24, 2.45) is 0 Å². The van der Waals surface area contributed by atoms with Gasteiger partial charge in [0.1, 0.15) is 18.1 Å². The summed E-state index contributed by atoms with van der Waals surface area (Å²) in [6.45, 7) is 0.0622. The predicted octanol–water partition coefficient (Wildman–Crippen LogP) is 1.74. The highest BCUT2D eigenvalue weighted by Gasteiger charge is 2.22. The van der Waals surface area contributed by atoms with Gasteiger partial charge in [-0.05, 0) is 29.8 Å². The Bertz CT molecular complexity index is 1090. The van der Waals surface area contributed by atoms with Crippen LogP contribution in [0.25, 0.3) is 0 Å². The number of hydrogen-bond donors (Lipinski definition) is 3. The van der Waals surface area contributed by atoms with Crippen molar-refractivity contribution in [3.63, 3.8) is 0 Å². The van der Waals surface area contributed by atoms with E-state index in [1.54, 1.807) is 24.3 Å². The number of hydrogen-bond acceptors (Lipinski definition) is 7. The van der Waals surface area contributed by atoms with Crippen LogP contribution in [0.5, 0.6) is 11.5 Å². The van der Waals surface area contributed by atoms with Gasteiger partial charge in [0.2, 0.25) is 11.6 Å². The molecule has 3 N–H and O–H groups in total. The van der Waals surface area contributed by atoms with Crippen LogP contribution in [-0.2, 0) is 25.8 Å². The van der Waals surface area contributed by atoms with Gasteiger partial charge in [-0.25, -0.2) is 0 Å². The van der Waals surface area contributed by atoms with Gasteiger partial charge < -0.3 is 25.2 Å². The number of nitrogens with one attached hydrogen (secondary N) is 2. The molecule has 170 valence electrons. The third-order valence-corrected chi connectivity index (χ3v) is 4.45. The number of carbonyl (C=O) groups is 4. The molecule has 9 nitrogen and oxygen atoms in total.